The van der Waals surface area contributed by atoms with Gasteiger partial charge in [-0.1, -0.05) is 12.1 Å². The van der Waals surface area contributed by atoms with Crippen LogP contribution in [0.25, 0.3) is 10.2 Å². The Morgan fingerprint density at radius 2 is 1.91 bits per heavy atom. The SMILES string of the molecule is C[C@@H](c1nc2ccccc2s1)N(C)CN1C(=O)C(=O)N(C)C1=O. The van der Waals surface area contributed by atoms with Gasteiger partial charge in [0.2, 0.25) is 0 Å². The van der Waals surface area contributed by atoms with E-state index in [1.54, 1.807) is 18.4 Å². The molecule has 0 radical (unpaired) electrons. The Morgan fingerprint density at radius 3 is 2.52 bits per heavy atom. The highest BCUT2D eigenvalue weighted by Gasteiger charge is 2.42. The normalized spacial score (nSPS) is 17.0. The molecule has 1 atom stereocenters. The zero-order valence-corrected chi connectivity index (χ0v) is 13.8. The number of benzene rings is 1. The smallest absolute Gasteiger partial charge is 0.279 e. The Labute approximate surface area is 137 Å². The number of nitrogens with zero attached hydrogens (tertiary/aromatic N) is 4. The summed E-state index contributed by atoms with van der Waals surface area (Å²) < 4.78 is 1.09. The van der Waals surface area contributed by atoms with Crippen molar-refractivity contribution in [1.29, 1.82) is 0 Å². The fraction of sp³-hybridized carbons (Fsp3) is 0.333. The molecule has 8 heteroatoms. The number of aromatic nitrogens is 1. The Balaban J connectivity index is 1.77. The molecule has 120 valence electrons. The van der Waals surface area contributed by atoms with Gasteiger partial charge >= 0.3 is 17.8 Å². The molecule has 1 aliphatic heterocycles. The molecule has 2 heterocycles. The summed E-state index contributed by atoms with van der Waals surface area (Å²) in [5, 5.41) is 0.896. The number of amides is 4. The van der Waals surface area contributed by atoms with Crippen LogP contribution in [0.15, 0.2) is 24.3 Å². The molecule has 7 nitrogen and oxygen atoms in total. The van der Waals surface area contributed by atoms with E-state index in [1.165, 1.54) is 7.05 Å². The van der Waals surface area contributed by atoms with E-state index >= 15 is 0 Å². The van der Waals surface area contributed by atoms with E-state index in [-0.39, 0.29) is 12.7 Å². The summed E-state index contributed by atoms with van der Waals surface area (Å²) in [5.74, 6) is -1.59. The molecular weight excluding hydrogens is 316 g/mol. The van der Waals surface area contributed by atoms with E-state index in [0.717, 1.165) is 25.0 Å². The lowest BCUT2D eigenvalue weighted by Gasteiger charge is -2.26. The lowest BCUT2D eigenvalue weighted by molar-refractivity contribution is -0.143. The highest BCUT2D eigenvalue weighted by atomic mass is 32.1. The highest BCUT2D eigenvalue weighted by Crippen LogP contribution is 2.29. The minimum Gasteiger partial charge on any atom is -0.279 e. The maximum atomic E-state index is 11.9. The molecule has 3 rings (SSSR count). The summed E-state index contributed by atoms with van der Waals surface area (Å²) in [6, 6.07) is 7.16. The van der Waals surface area contributed by atoms with Crippen LogP contribution >= 0.6 is 11.3 Å². The van der Waals surface area contributed by atoms with Crippen LogP contribution in [0.4, 0.5) is 4.79 Å². The molecule has 2 aromatic rings. The summed E-state index contributed by atoms with van der Waals surface area (Å²) >= 11 is 1.58. The first-order valence-electron chi connectivity index (χ1n) is 7.09. The monoisotopic (exact) mass is 332 g/mol. The standard InChI is InChI=1S/C15H16N4O3S/c1-9(12-16-10-6-4-5-7-11(10)23-12)17(2)8-19-14(21)13(20)18(3)15(19)22/h4-7,9H,8H2,1-3H3/t9-/m0/s1. The van der Waals surface area contributed by atoms with Crippen LogP contribution < -0.4 is 0 Å². The number of thiazole rings is 1. The molecule has 1 aromatic carbocycles. The molecule has 23 heavy (non-hydrogen) atoms. The lowest BCUT2D eigenvalue weighted by atomic mass is 10.3. The van der Waals surface area contributed by atoms with Gasteiger partial charge < -0.3 is 0 Å². The van der Waals surface area contributed by atoms with Crippen LogP contribution in [0.1, 0.15) is 18.0 Å². The van der Waals surface area contributed by atoms with Crippen molar-refractivity contribution in [3.8, 4) is 0 Å². The van der Waals surface area contributed by atoms with Crippen molar-refractivity contribution >= 4 is 39.4 Å². The molecule has 0 aliphatic carbocycles. The van der Waals surface area contributed by atoms with Crippen molar-refractivity contribution < 1.29 is 14.4 Å². The Bertz CT molecular complexity index is 770. The molecule has 1 saturated heterocycles. The first-order valence-corrected chi connectivity index (χ1v) is 7.91. The van der Waals surface area contributed by atoms with Crippen LogP contribution in [0.2, 0.25) is 0 Å². The van der Waals surface area contributed by atoms with Gasteiger partial charge in [0.15, 0.2) is 0 Å². The number of para-hydroxylation sites is 1. The summed E-state index contributed by atoms with van der Waals surface area (Å²) in [7, 11) is 3.10. The molecule has 0 N–H and O–H groups in total. The first-order chi connectivity index (χ1) is 10.9. The highest BCUT2D eigenvalue weighted by molar-refractivity contribution is 7.18. The number of likely N-dealkylation sites (N-methyl/N-ethyl adjacent to an activating group) is 1. The number of hydrogen-bond donors (Lipinski definition) is 0. The van der Waals surface area contributed by atoms with Crippen molar-refractivity contribution in [1.82, 2.24) is 19.7 Å². The minimum atomic E-state index is -0.795. The van der Waals surface area contributed by atoms with Gasteiger partial charge in [0.1, 0.15) is 5.01 Å². The topological polar surface area (TPSA) is 73.8 Å². The van der Waals surface area contributed by atoms with Crippen LogP contribution in [0.5, 0.6) is 0 Å². The third kappa shape index (κ3) is 2.60. The van der Waals surface area contributed by atoms with Gasteiger partial charge in [0.05, 0.1) is 22.9 Å². The van der Waals surface area contributed by atoms with Crippen molar-refractivity contribution in [2.45, 2.75) is 13.0 Å². The minimum absolute atomic E-state index is 0.0465. The number of fused-ring (bicyclic) bond motifs is 1. The fourth-order valence-electron chi connectivity index (χ4n) is 2.34. The number of carbonyl (C=O) groups is 3. The lowest BCUT2D eigenvalue weighted by Crippen LogP contribution is -2.41. The maximum Gasteiger partial charge on any atom is 0.335 e. The first kappa shape index (κ1) is 15.6. The van der Waals surface area contributed by atoms with E-state index in [9.17, 15) is 14.4 Å². The second-order valence-electron chi connectivity index (χ2n) is 5.47. The van der Waals surface area contributed by atoms with Crippen molar-refractivity contribution in [2.24, 2.45) is 0 Å². The summed E-state index contributed by atoms with van der Waals surface area (Å²) in [6.07, 6.45) is 0. The summed E-state index contributed by atoms with van der Waals surface area (Å²) in [5.41, 5.74) is 0.927. The van der Waals surface area contributed by atoms with E-state index < -0.39 is 17.8 Å². The molecule has 0 unspecified atom stereocenters. The number of carbonyl (C=O) groups excluding carboxylic acids is 3. The quantitative estimate of drug-likeness (QED) is 0.629. The van der Waals surface area contributed by atoms with E-state index in [0.29, 0.717) is 0 Å². The Hall–Kier alpha value is -2.32. The average Bonchev–Trinajstić information content (AvgIpc) is 3.06. The van der Waals surface area contributed by atoms with Crippen LogP contribution in [0, 0.1) is 0 Å². The Morgan fingerprint density at radius 1 is 1.22 bits per heavy atom. The molecule has 0 bridgehead atoms. The number of hydrogen-bond acceptors (Lipinski definition) is 6. The predicted molar refractivity (Wildman–Crippen MR) is 85.7 cm³/mol. The summed E-state index contributed by atoms with van der Waals surface area (Å²) in [4.78, 5) is 43.5. The zero-order chi connectivity index (χ0) is 16.7. The van der Waals surface area contributed by atoms with Gasteiger partial charge in [-0.2, -0.15) is 0 Å². The van der Waals surface area contributed by atoms with Gasteiger partial charge in [-0.15, -0.1) is 11.3 Å². The molecule has 0 saturated carbocycles. The molecule has 0 spiro atoms. The van der Waals surface area contributed by atoms with Crippen molar-refractivity contribution in [3.05, 3.63) is 29.3 Å². The van der Waals surface area contributed by atoms with Gasteiger partial charge in [-0.3, -0.25) is 19.4 Å². The second kappa shape index (κ2) is 5.71. The largest absolute Gasteiger partial charge is 0.335 e. The predicted octanol–water partition coefficient (Wildman–Crippen LogP) is 1.67. The van der Waals surface area contributed by atoms with Crippen LogP contribution in [-0.4, -0.2) is 58.3 Å². The maximum absolute atomic E-state index is 11.9. The second-order valence-corrected chi connectivity index (χ2v) is 6.54. The van der Waals surface area contributed by atoms with Gasteiger partial charge in [-0.05, 0) is 26.1 Å². The van der Waals surface area contributed by atoms with Crippen LogP contribution in [-0.2, 0) is 9.59 Å². The zero-order valence-electron chi connectivity index (χ0n) is 13.0. The van der Waals surface area contributed by atoms with Gasteiger partial charge in [-0.25, -0.2) is 14.7 Å². The average molecular weight is 332 g/mol. The third-order valence-electron chi connectivity index (χ3n) is 3.94. The fourth-order valence-corrected chi connectivity index (χ4v) is 3.43. The third-order valence-corrected chi connectivity index (χ3v) is 5.15. The molecular formula is C15H16N4O3S. The van der Waals surface area contributed by atoms with Gasteiger partial charge in [0, 0.05) is 7.05 Å². The number of rotatable bonds is 4. The van der Waals surface area contributed by atoms with E-state index in [1.807, 2.05) is 36.1 Å². The number of urea groups is 1. The van der Waals surface area contributed by atoms with Crippen molar-refractivity contribution in [2.75, 3.05) is 20.8 Å². The van der Waals surface area contributed by atoms with E-state index in [2.05, 4.69) is 4.98 Å². The number of imide groups is 2. The van der Waals surface area contributed by atoms with Crippen LogP contribution in [0.3, 0.4) is 0 Å². The molecule has 4 amide bonds. The van der Waals surface area contributed by atoms with E-state index in [4.69, 9.17) is 0 Å². The van der Waals surface area contributed by atoms with Crippen molar-refractivity contribution in [3.63, 3.8) is 0 Å². The molecule has 1 aliphatic rings. The Kier molecular flexibility index (Phi) is 3.87. The molecule has 1 aromatic heterocycles. The van der Waals surface area contributed by atoms with Gasteiger partial charge in [0.25, 0.3) is 0 Å². The summed E-state index contributed by atoms with van der Waals surface area (Å²) in [6.45, 7) is 2.00. The molecule has 1 fully saturated rings.